The molecule has 1 heterocycles. The van der Waals surface area contributed by atoms with Crippen LogP contribution in [0.2, 0.25) is 0 Å². The first kappa shape index (κ1) is 12.7. The van der Waals surface area contributed by atoms with Crippen molar-refractivity contribution in [2.75, 3.05) is 11.4 Å². The quantitative estimate of drug-likeness (QED) is 0.705. The number of halogens is 1. The van der Waals surface area contributed by atoms with Gasteiger partial charge in [0.1, 0.15) is 12.4 Å². The van der Waals surface area contributed by atoms with Crippen LogP contribution < -0.4 is 16.0 Å². The number of hydrogen-bond acceptors (Lipinski definition) is 4. The van der Waals surface area contributed by atoms with Gasteiger partial charge in [-0.3, -0.25) is 24.6 Å². The Morgan fingerprint density at radius 1 is 1.32 bits per heavy atom. The third kappa shape index (κ3) is 2.28. The molecule has 98 valence electrons. The van der Waals surface area contributed by atoms with Crippen LogP contribution in [0.1, 0.15) is 10.4 Å². The van der Waals surface area contributed by atoms with Gasteiger partial charge in [-0.2, -0.15) is 0 Å². The predicted octanol–water partition coefficient (Wildman–Crippen LogP) is -0.450. The highest BCUT2D eigenvalue weighted by molar-refractivity contribution is 6.52. The zero-order valence-corrected chi connectivity index (χ0v) is 9.47. The van der Waals surface area contributed by atoms with E-state index in [1.54, 1.807) is 5.32 Å². The molecule has 0 aromatic heterocycles. The zero-order chi connectivity index (χ0) is 14.2. The second-order valence-electron chi connectivity index (χ2n) is 3.79. The number of nitrogens with two attached hydrogens (primary N) is 1. The molecule has 1 aliphatic heterocycles. The van der Waals surface area contributed by atoms with E-state index in [1.165, 1.54) is 6.07 Å². The number of hydrogen-bond donors (Lipinski definition) is 2. The van der Waals surface area contributed by atoms with Crippen LogP contribution in [0.5, 0.6) is 0 Å². The molecule has 7 nitrogen and oxygen atoms in total. The molecule has 3 N–H and O–H groups in total. The highest BCUT2D eigenvalue weighted by atomic mass is 19.1. The van der Waals surface area contributed by atoms with Crippen LogP contribution in [0.15, 0.2) is 18.2 Å². The second-order valence-corrected chi connectivity index (χ2v) is 3.79. The lowest BCUT2D eigenvalue weighted by Gasteiger charge is -2.15. The standard InChI is InChI=1S/C11H8FN3O4/c12-5-1-2-7-6(3-5)9(17)10(18)15(7)4-8(16)14-11(13)19/h1-3H,4H2,(H3,13,14,16,19). The number of anilines is 1. The SMILES string of the molecule is NC(=O)NC(=O)CN1C(=O)C(=O)c2cc(F)ccc21. The number of carbonyl (C=O) groups excluding carboxylic acids is 4. The van der Waals surface area contributed by atoms with Crippen LogP contribution in [0.3, 0.4) is 0 Å². The molecule has 0 unspecified atom stereocenters. The molecule has 0 saturated carbocycles. The van der Waals surface area contributed by atoms with E-state index in [9.17, 15) is 23.6 Å². The summed E-state index contributed by atoms with van der Waals surface area (Å²) in [5, 5.41) is 1.77. The fourth-order valence-electron chi connectivity index (χ4n) is 1.75. The molecular formula is C11H8FN3O4. The molecular weight excluding hydrogens is 257 g/mol. The van der Waals surface area contributed by atoms with Gasteiger partial charge in [-0.15, -0.1) is 0 Å². The normalized spacial score (nSPS) is 13.4. The molecule has 8 heteroatoms. The van der Waals surface area contributed by atoms with E-state index in [4.69, 9.17) is 5.73 Å². The van der Waals surface area contributed by atoms with Gasteiger partial charge >= 0.3 is 6.03 Å². The third-order valence-corrected chi connectivity index (χ3v) is 2.50. The van der Waals surface area contributed by atoms with E-state index in [-0.39, 0.29) is 11.3 Å². The van der Waals surface area contributed by atoms with Gasteiger partial charge in [-0.25, -0.2) is 9.18 Å². The summed E-state index contributed by atoms with van der Waals surface area (Å²) in [6.45, 7) is -0.549. The van der Waals surface area contributed by atoms with E-state index in [1.807, 2.05) is 0 Å². The van der Waals surface area contributed by atoms with Crippen LogP contribution in [0.25, 0.3) is 0 Å². The number of primary amides is 1. The van der Waals surface area contributed by atoms with Crippen molar-refractivity contribution in [3.63, 3.8) is 0 Å². The lowest BCUT2D eigenvalue weighted by atomic mass is 10.1. The smallest absolute Gasteiger partial charge is 0.318 e. The van der Waals surface area contributed by atoms with Gasteiger partial charge < -0.3 is 5.73 Å². The summed E-state index contributed by atoms with van der Waals surface area (Å²) in [5.41, 5.74) is 4.76. The maximum atomic E-state index is 13.0. The van der Waals surface area contributed by atoms with Crippen LogP contribution >= 0.6 is 0 Å². The van der Waals surface area contributed by atoms with Crippen molar-refractivity contribution in [3.05, 3.63) is 29.6 Å². The first-order chi connectivity index (χ1) is 8.90. The molecule has 0 bridgehead atoms. The first-order valence-corrected chi connectivity index (χ1v) is 5.15. The highest BCUT2D eigenvalue weighted by Crippen LogP contribution is 2.29. The summed E-state index contributed by atoms with van der Waals surface area (Å²) >= 11 is 0. The molecule has 0 saturated heterocycles. The Kier molecular flexibility index (Phi) is 2.99. The average molecular weight is 265 g/mol. The summed E-state index contributed by atoms with van der Waals surface area (Å²) in [6, 6.07) is 2.12. The van der Waals surface area contributed by atoms with E-state index in [0.29, 0.717) is 0 Å². The monoisotopic (exact) mass is 265 g/mol. The molecule has 1 aromatic carbocycles. The largest absolute Gasteiger partial charge is 0.351 e. The van der Waals surface area contributed by atoms with Gasteiger partial charge in [0.25, 0.3) is 11.7 Å². The van der Waals surface area contributed by atoms with Gasteiger partial charge in [0, 0.05) is 0 Å². The number of nitrogens with one attached hydrogen (secondary N) is 1. The van der Waals surface area contributed by atoms with E-state index in [2.05, 4.69) is 0 Å². The molecule has 1 aromatic rings. The van der Waals surface area contributed by atoms with Crippen LogP contribution in [-0.2, 0) is 9.59 Å². The number of nitrogens with zero attached hydrogens (tertiary/aromatic N) is 1. The Hall–Kier alpha value is -2.77. The van der Waals surface area contributed by atoms with Crippen LogP contribution in [0.4, 0.5) is 14.9 Å². The maximum Gasteiger partial charge on any atom is 0.318 e. The molecule has 4 amide bonds. The molecule has 0 atom stereocenters. The summed E-state index contributed by atoms with van der Waals surface area (Å²) in [7, 11) is 0. The molecule has 1 aliphatic rings. The lowest BCUT2D eigenvalue weighted by Crippen LogP contribution is -2.44. The number of ketones is 1. The second kappa shape index (κ2) is 4.48. The number of benzene rings is 1. The molecule has 0 radical (unpaired) electrons. The van der Waals surface area contributed by atoms with Crippen molar-refractivity contribution in [2.24, 2.45) is 5.73 Å². The summed E-state index contributed by atoms with van der Waals surface area (Å²) in [5.74, 6) is -3.37. The van der Waals surface area contributed by atoms with Crippen molar-refractivity contribution >= 4 is 29.3 Å². The maximum absolute atomic E-state index is 13.0. The van der Waals surface area contributed by atoms with Gasteiger partial charge in [-0.05, 0) is 18.2 Å². The number of carbonyl (C=O) groups is 4. The summed E-state index contributed by atoms with van der Waals surface area (Å²) in [6.07, 6.45) is 0. The lowest BCUT2D eigenvalue weighted by molar-refractivity contribution is -0.121. The van der Waals surface area contributed by atoms with E-state index in [0.717, 1.165) is 17.0 Å². The minimum Gasteiger partial charge on any atom is -0.351 e. The van der Waals surface area contributed by atoms with Gasteiger partial charge in [-0.1, -0.05) is 0 Å². The fraction of sp³-hybridized carbons (Fsp3) is 0.0909. The molecule has 0 spiro atoms. The van der Waals surface area contributed by atoms with Gasteiger partial charge in [0.2, 0.25) is 5.91 Å². The Balaban J connectivity index is 2.29. The number of Topliss-reactive ketones (excluding diaryl/α,β-unsaturated/α-hetero) is 1. The van der Waals surface area contributed by atoms with Crippen molar-refractivity contribution in [1.29, 1.82) is 0 Å². The number of rotatable bonds is 2. The first-order valence-electron chi connectivity index (χ1n) is 5.15. The Labute approximate surface area is 106 Å². The number of amides is 4. The minimum absolute atomic E-state index is 0.114. The highest BCUT2D eigenvalue weighted by Gasteiger charge is 2.37. The van der Waals surface area contributed by atoms with Crippen LogP contribution in [-0.4, -0.2) is 30.2 Å². The fourth-order valence-corrected chi connectivity index (χ4v) is 1.75. The number of urea groups is 1. The van der Waals surface area contributed by atoms with Gasteiger partial charge in [0.15, 0.2) is 0 Å². The van der Waals surface area contributed by atoms with Crippen molar-refractivity contribution in [1.82, 2.24) is 5.32 Å². The van der Waals surface area contributed by atoms with Crippen molar-refractivity contribution < 1.29 is 23.6 Å². The number of imide groups is 1. The molecule has 0 fully saturated rings. The van der Waals surface area contributed by atoms with Crippen molar-refractivity contribution in [3.8, 4) is 0 Å². The molecule has 2 rings (SSSR count). The molecule has 0 aliphatic carbocycles. The Morgan fingerprint density at radius 3 is 2.63 bits per heavy atom. The zero-order valence-electron chi connectivity index (χ0n) is 9.47. The summed E-state index contributed by atoms with van der Waals surface area (Å²) in [4.78, 5) is 45.9. The number of fused-ring (bicyclic) bond motifs is 1. The van der Waals surface area contributed by atoms with Gasteiger partial charge in [0.05, 0.1) is 11.3 Å². The topological polar surface area (TPSA) is 110 Å². The average Bonchev–Trinajstić information content (AvgIpc) is 2.53. The van der Waals surface area contributed by atoms with E-state index >= 15 is 0 Å². The minimum atomic E-state index is -1.07. The summed E-state index contributed by atoms with van der Waals surface area (Å²) < 4.78 is 13.0. The molecule has 19 heavy (non-hydrogen) atoms. The Morgan fingerprint density at radius 2 is 2.00 bits per heavy atom. The predicted molar refractivity (Wildman–Crippen MR) is 60.8 cm³/mol. The van der Waals surface area contributed by atoms with E-state index < -0.39 is 36.0 Å². The third-order valence-electron chi connectivity index (χ3n) is 2.50. The Bertz CT molecular complexity index is 614. The van der Waals surface area contributed by atoms with Crippen molar-refractivity contribution in [2.45, 2.75) is 0 Å². The van der Waals surface area contributed by atoms with Crippen LogP contribution in [0, 0.1) is 5.82 Å².